The van der Waals surface area contributed by atoms with Crippen molar-refractivity contribution in [1.29, 1.82) is 0 Å². The Morgan fingerprint density at radius 1 is 0.933 bits per heavy atom. The van der Waals surface area contributed by atoms with Crippen LogP contribution in [-0.4, -0.2) is 41.9 Å². The van der Waals surface area contributed by atoms with E-state index in [4.69, 9.17) is 4.74 Å². The van der Waals surface area contributed by atoms with E-state index in [1.165, 1.54) is 0 Å². The molecule has 0 unspecified atom stereocenters. The van der Waals surface area contributed by atoms with Crippen LogP contribution in [-0.2, 0) is 9.53 Å². The molecule has 0 bridgehead atoms. The molecule has 156 valence electrons. The molecule has 4 amide bonds. The molecule has 0 aliphatic carbocycles. The first kappa shape index (κ1) is 21.0. The Morgan fingerprint density at radius 3 is 2.13 bits per heavy atom. The molecule has 0 fully saturated rings. The fourth-order valence-corrected chi connectivity index (χ4v) is 2.95. The van der Waals surface area contributed by atoms with Crippen molar-refractivity contribution in [3.63, 3.8) is 0 Å². The number of carbonyl (C=O) groups is 4. The van der Waals surface area contributed by atoms with Crippen LogP contribution in [0.5, 0.6) is 0 Å². The summed E-state index contributed by atoms with van der Waals surface area (Å²) in [5, 5.41) is 5.30. The van der Waals surface area contributed by atoms with Crippen molar-refractivity contribution < 1.29 is 23.9 Å². The predicted octanol–water partition coefficient (Wildman–Crippen LogP) is 3.52. The second kappa shape index (κ2) is 9.21. The van der Waals surface area contributed by atoms with Gasteiger partial charge in [-0.1, -0.05) is 32.0 Å². The monoisotopic (exact) mass is 409 g/mol. The van der Waals surface area contributed by atoms with Gasteiger partial charge < -0.3 is 10.1 Å². The van der Waals surface area contributed by atoms with Crippen molar-refractivity contribution in [2.45, 2.75) is 20.3 Å². The molecule has 8 heteroatoms. The largest absolute Gasteiger partial charge is 0.449 e. The SMILES string of the molecule is CC(C)COC(=O)Nc1cccc(NC(=O)CCN2C(=O)c3ccccc3C2=O)c1. The van der Waals surface area contributed by atoms with Crippen LogP contribution in [0.4, 0.5) is 16.2 Å². The van der Waals surface area contributed by atoms with E-state index in [0.717, 1.165) is 4.90 Å². The molecule has 0 radical (unpaired) electrons. The smallest absolute Gasteiger partial charge is 0.411 e. The quantitative estimate of drug-likeness (QED) is 0.681. The number of ether oxygens (including phenoxy) is 1. The zero-order chi connectivity index (χ0) is 21.7. The molecule has 8 nitrogen and oxygen atoms in total. The molecule has 1 aliphatic rings. The zero-order valence-corrected chi connectivity index (χ0v) is 16.8. The van der Waals surface area contributed by atoms with Gasteiger partial charge in [0.2, 0.25) is 5.91 Å². The number of benzene rings is 2. The summed E-state index contributed by atoms with van der Waals surface area (Å²) in [6, 6.07) is 13.2. The minimum Gasteiger partial charge on any atom is -0.449 e. The summed E-state index contributed by atoms with van der Waals surface area (Å²) in [5.41, 5.74) is 1.66. The average Bonchev–Trinajstić information content (AvgIpc) is 2.95. The van der Waals surface area contributed by atoms with Crippen LogP contribution in [0.1, 0.15) is 41.0 Å². The van der Waals surface area contributed by atoms with E-state index < -0.39 is 17.9 Å². The van der Waals surface area contributed by atoms with Crippen molar-refractivity contribution in [3.05, 3.63) is 59.7 Å². The second-order valence-electron chi connectivity index (χ2n) is 7.30. The van der Waals surface area contributed by atoms with Crippen LogP contribution < -0.4 is 10.6 Å². The molecule has 0 saturated heterocycles. The summed E-state index contributed by atoms with van der Waals surface area (Å²) >= 11 is 0. The molecular weight excluding hydrogens is 386 g/mol. The van der Waals surface area contributed by atoms with Crippen LogP contribution in [0.3, 0.4) is 0 Å². The number of anilines is 2. The first-order valence-electron chi connectivity index (χ1n) is 9.64. The highest BCUT2D eigenvalue weighted by atomic mass is 16.5. The second-order valence-corrected chi connectivity index (χ2v) is 7.30. The summed E-state index contributed by atoms with van der Waals surface area (Å²) in [4.78, 5) is 49.8. The lowest BCUT2D eigenvalue weighted by Crippen LogP contribution is -2.32. The highest BCUT2D eigenvalue weighted by Crippen LogP contribution is 2.22. The topological polar surface area (TPSA) is 105 Å². The standard InChI is InChI=1S/C22H23N3O5/c1-14(2)13-30-22(29)24-16-7-5-6-15(12-16)23-19(26)10-11-25-20(27)17-8-3-4-9-18(17)21(25)28/h3-9,12,14H,10-11,13H2,1-2H3,(H,23,26)(H,24,29). The number of nitrogens with one attached hydrogen (secondary N) is 2. The van der Waals surface area contributed by atoms with E-state index in [1.54, 1.807) is 48.5 Å². The number of amides is 4. The number of hydrogen-bond donors (Lipinski definition) is 2. The molecule has 1 heterocycles. The molecule has 30 heavy (non-hydrogen) atoms. The van der Waals surface area contributed by atoms with Gasteiger partial charge in [-0.05, 0) is 36.2 Å². The maximum absolute atomic E-state index is 12.3. The summed E-state index contributed by atoms with van der Waals surface area (Å²) in [6.07, 6.45) is -0.614. The van der Waals surface area contributed by atoms with E-state index in [-0.39, 0.29) is 24.8 Å². The molecule has 0 saturated carbocycles. The van der Waals surface area contributed by atoms with Gasteiger partial charge >= 0.3 is 6.09 Å². The lowest BCUT2D eigenvalue weighted by Gasteiger charge is -2.14. The Morgan fingerprint density at radius 2 is 1.53 bits per heavy atom. The molecule has 0 aromatic heterocycles. The number of fused-ring (bicyclic) bond motifs is 1. The molecule has 0 spiro atoms. The number of rotatable bonds is 7. The fraction of sp³-hybridized carbons (Fsp3) is 0.273. The summed E-state index contributed by atoms with van der Waals surface area (Å²) < 4.78 is 5.06. The van der Waals surface area contributed by atoms with Crippen LogP contribution in [0.25, 0.3) is 0 Å². The van der Waals surface area contributed by atoms with E-state index in [1.807, 2.05) is 13.8 Å². The Hall–Kier alpha value is -3.68. The Labute approximate surface area is 174 Å². The van der Waals surface area contributed by atoms with E-state index in [0.29, 0.717) is 29.1 Å². The third-order valence-electron chi connectivity index (χ3n) is 4.38. The Balaban J connectivity index is 1.53. The highest BCUT2D eigenvalue weighted by molar-refractivity contribution is 6.21. The highest BCUT2D eigenvalue weighted by Gasteiger charge is 2.34. The minimum atomic E-state index is -0.571. The van der Waals surface area contributed by atoms with Gasteiger partial charge in [0.05, 0.1) is 17.7 Å². The third kappa shape index (κ3) is 5.02. The van der Waals surface area contributed by atoms with Crippen molar-refractivity contribution in [3.8, 4) is 0 Å². The van der Waals surface area contributed by atoms with Gasteiger partial charge in [-0.25, -0.2) is 4.79 Å². The minimum absolute atomic E-state index is 0.0162. The van der Waals surface area contributed by atoms with E-state index in [2.05, 4.69) is 10.6 Å². The predicted molar refractivity (Wildman–Crippen MR) is 111 cm³/mol. The molecule has 1 aliphatic heterocycles. The average molecular weight is 409 g/mol. The number of nitrogens with zero attached hydrogens (tertiary/aromatic N) is 1. The lowest BCUT2D eigenvalue weighted by molar-refractivity contribution is -0.116. The van der Waals surface area contributed by atoms with Crippen LogP contribution >= 0.6 is 0 Å². The summed E-state index contributed by atoms with van der Waals surface area (Å²) in [5.74, 6) is -0.918. The summed E-state index contributed by atoms with van der Waals surface area (Å²) in [6.45, 7) is 4.16. The van der Waals surface area contributed by atoms with Crippen molar-refractivity contribution in [1.82, 2.24) is 4.90 Å². The maximum Gasteiger partial charge on any atom is 0.411 e. The first-order chi connectivity index (χ1) is 14.3. The number of carbonyl (C=O) groups excluding carboxylic acids is 4. The lowest BCUT2D eigenvalue weighted by atomic mass is 10.1. The van der Waals surface area contributed by atoms with Crippen LogP contribution in [0.15, 0.2) is 48.5 Å². The van der Waals surface area contributed by atoms with Gasteiger partial charge in [0.25, 0.3) is 11.8 Å². The Bertz CT molecular complexity index is 951. The molecule has 2 aromatic rings. The van der Waals surface area contributed by atoms with Crippen molar-refractivity contribution >= 4 is 35.2 Å². The van der Waals surface area contributed by atoms with Crippen molar-refractivity contribution in [2.75, 3.05) is 23.8 Å². The van der Waals surface area contributed by atoms with Gasteiger partial charge in [-0.3, -0.25) is 24.6 Å². The molecule has 3 rings (SSSR count). The molecule has 2 aromatic carbocycles. The van der Waals surface area contributed by atoms with Gasteiger partial charge in [-0.15, -0.1) is 0 Å². The van der Waals surface area contributed by atoms with Crippen LogP contribution in [0, 0.1) is 5.92 Å². The van der Waals surface area contributed by atoms with Crippen molar-refractivity contribution in [2.24, 2.45) is 5.92 Å². The van der Waals surface area contributed by atoms with E-state index in [9.17, 15) is 19.2 Å². The first-order valence-corrected chi connectivity index (χ1v) is 9.64. The zero-order valence-electron chi connectivity index (χ0n) is 16.8. The molecular formula is C22H23N3O5. The van der Waals surface area contributed by atoms with E-state index >= 15 is 0 Å². The third-order valence-corrected chi connectivity index (χ3v) is 4.38. The van der Waals surface area contributed by atoms with Gasteiger partial charge in [0, 0.05) is 24.3 Å². The summed E-state index contributed by atoms with van der Waals surface area (Å²) in [7, 11) is 0. The van der Waals surface area contributed by atoms with Gasteiger partial charge in [0.15, 0.2) is 0 Å². The normalized spacial score (nSPS) is 12.7. The maximum atomic E-state index is 12.3. The van der Waals surface area contributed by atoms with Gasteiger partial charge in [-0.2, -0.15) is 0 Å². The molecule has 0 atom stereocenters. The van der Waals surface area contributed by atoms with Crippen LogP contribution in [0.2, 0.25) is 0 Å². The van der Waals surface area contributed by atoms with Gasteiger partial charge in [0.1, 0.15) is 0 Å². The fourth-order valence-electron chi connectivity index (χ4n) is 2.95. The Kier molecular flexibility index (Phi) is 6.46. The number of hydrogen-bond acceptors (Lipinski definition) is 5. The number of imide groups is 1. The molecule has 2 N–H and O–H groups in total.